The maximum Gasteiger partial charge on any atom is 0.413 e. The standard InChI is InChI=1S/C19H19NO2/c1-22-19(21)20-13-11-16-9-5-6-10-17(16)18(12-14-20)15-7-3-2-4-8-15/h2-11,13,18H,12,14H2,1H3/b13-11-/t18-/m0/s1. The van der Waals surface area contributed by atoms with E-state index in [1.165, 1.54) is 18.2 Å². The van der Waals surface area contributed by atoms with Gasteiger partial charge < -0.3 is 4.74 Å². The van der Waals surface area contributed by atoms with Gasteiger partial charge in [0.1, 0.15) is 0 Å². The summed E-state index contributed by atoms with van der Waals surface area (Å²) in [6.45, 7) is 0.636. The normalized spacial score (nSPS) is 18.8. The SMILES string of the molecule is COC(=O)N1/C=C\c2ccccc2[C@H](c2ccccc2)CC1. The summed E-state index contributed by atoms with van der Waals surface area (Å²) in [4.78, 5) is 13.5. The van der Waals surface area contributed by atoms with Gasteiger partial charge in [-0.15, -0.1) is 0 Å². The molecule has 3 nitrogen and oxygen atoms in total. The van der Waals surface area contributed by atoms with E-state index < -0.39 is 0 Å². The molecule has 2 aromatic rings. The van der Waals surface area contributed by atoms with Crippen LogP contribution in [0.15, 0.2) is 60.8 Å². The number of carbonyl (C=O) groups is 1. The monoisotopic (exact) mass is 293 g/mol. The van der Waals surface area contributed by atoms with E-state index in [1.807, 2.05) is 24.4 Å². The Kier molecular flexibility index (Phi) is 4.24. The van der Waals surface area contributed by atoms with E-state index in [9.17, 15) is 4.79 Å². The van der Waals surface area contributed by atoms with Crippen LogP contribution in [0.2, 0.25) is 0 Å². The Bertz CT molecular complexity index is 679. The Hall–Kier alpha value is -2.55. The van der Waals surface area contributed by atoms with Gasteiger partial charge in [-0.3, -0.25) is 4.90 Å². The predicted molar refractivity (Wildman–Crippen MR) is 87.5 cm³/mol. The summed E-state index contributed by atoms with van der Waals surface area (Å²) in [6.07, 6.45) is 4.34. The molecule has 0 N–H and O–H groups in total. The van der Waals surface area contributed by atoms with Crippen molar-refractivity contribution >= 4 is 12.2 Å². The minimum Gasteiger partial charge on any atom is -0.452 e. The third kappa shape index (κ3) is 2.89. The van der Waals surface area contributed by atoms with Crippen molar-refractivity contribution in [3.05, 3.63) is 77.5 Å². The third-order valence-electron chi connectivity index (χ3n) is 4.08. The van der Waals surface area contributed by atoms with Gasteiger partial charge in [-0.1, -0.05) is 54.6 Å². The van der Waals surface area contributed by atoms with E-state index in [4.69, 9.17) is 4.74 Å². The number of rotatable bonds is 1. The molecule has 1 amide bonds. The Morgan fingerprint density at radius 2 is 1.82 bits per heavy atom. The molecule has 0 saturated heterocycles. The molecule has 1 aliphatic heterocycles. The fourth-order valence-corrected chi connectivity index (χ4v) is 2.95. The summed E-state index contributed by atoms with van der Waals surface area (Å²) < 4.78 is 4.85. The van der Waals surface area contributed by atoms with Crippen LogP contribution < -0.4 is 0 Å². The minimum absolute atomic E-state index is 0.273. The zero-order chi connectivity index (χ0) is 15.4. The highest BCUT2D eigenvalue weighted by Crippen LogP contribution is 2.32. The quantitative estimate of drug-likeness (QED) is 0.786. The summed E-state index contributed by atoms with van der Waals surface area (Å²) in [6, 6.07) is 18.8. The molecule has 1 aliphatic rings. The number of amides is 1. The van der Waals surface area contributed by atoms with Crippen molar-refractivity contribution < 1.29 is 9.53 Å². The van der Waals surface area contributed by atoms with Gasteiger partial charge in [0.25, 0.3) is 0 Å². The van der Waals surface area contributed by atoms with Crippen molar-refractivity contribution in [3.63, 3.8) is 0 Å². The second kappa shape index (κ2) is 6.48. The number of fused-ring (bicyclic) bond motifs is 1. The average molecular weight is 293 g/mol. The molecule has 0 bridgehead atoms. The maximum atomic E-state index is 11.8. The lowest BCUT2D eigenvalue weighted by molar-refractivity contribution is 0.139. The van der Waals surface area contributed by atoms with Gasteiger partial charge in [0.2, 0.25) is 0 Å². The zero-order valence-electron chi connectivity index (χ0n) is 12.6. The summed E-state index contributed by atoms with van der Waals surface area (Å²) >= 11 is 0. The van der Waals surface area contributed by atoms with Crippen LogP contribution in [0.5, 0.6) is 0 Å². The summed E-state index contributed by atoms with van der Waals surface area (Å²) in [5.74, 6) is 0.273. The Balaban J connectivity index is 2.03. The highest BCUT2D eigenvalue weighted by Gasteiger charge is 2.21. The van der Waals surface area contributed by atoms with E-state index in [0.717, 1.165) is 12.0 Å². The molecule has 0 fully saturated rings. The molecule has 0 aromatic heterocycles. The first-order valence-electron chi connectivity index (χ1n) is 7.46. The summed E-state index contributed by atoms with van der Waals surface area (Å²) in [7, 11) is 1.41. The van der Waals surface area contributed by atoms with Crippen LogP contribution in [0, 0.1) is 0 Å². The molecule has 1 heterocycles. The van der Waals surface area contributed by atoms with Gasteiger partial charge in [0.05, 0.1) is 7.11 Å². The molecule has 0 saturated carbocycles. The number of nitrogens with zero attached hydrogens (tertiary/aromatic N) is 1. The first kappa shape index (κ1) is 14.4. The highest BCUT2D eigenvalue weighted by atomic mass is 16.5. The van der Waals surface area contributed by atoms with Gasteiger partial charge in [-0.25, -0.2) is 4.79 Å². The number of methoxy groups -OCH3 is 1. The maximum absolute atomic E-state index is 11.8. The van der Waals surface area contributed by atoms with E-state index in [0.29, 0.717) is 6.54 Å². The Labute approximate surface area is 130 Å². The number of hydrogen-bond donors (Lipinski definition) is 0. The molecule has 0 unspecified atom stereocenters. The van der Waals surface area contributed by atoms with E-state index >= 15 is 0 Å². The van der Waals surface area contributed by atoms with E-state index in [-0.39, 0.29) is 12.0 Å². The second-order valence-electron chi connectivity index (χ2n) is 5.36. The third-order valence-corrected chi connectivity index (χ3v) is 4.08. The van der Waals surface area contributed by atoms with Crippen LogP contribution in [0.1, 0.15) is 29.0 Å². The van der Waals surface area contributed by atoms with Crippen LogP contribution in [-0.2, 0) is 4.74 Å². The molecule has 3 rings (SSSR count). The lowest BCUT2D eigenvalue weighted by atomic mass is 9.85. The Morgan fingerprint density at radius 1 is 1.09 bits per heavy atom. The average Bonchev–Trinajstić information content (AvgIpc) is 2.56. The zero-order valence-corrected chi connectivity index (χ0v) is 12.6. The van der Waals surface area contributed by atoms with Crippen LogP contribution in [0.25, 0.3) is 6.08 Å². The van der Waals surface area contributed by atoms with Gasteiger partial charge >= 0.3 is 6.09 Å². The van der Waals surface area contributed by atoms with Crippen molar-refractivity contribution in [3.8, 4) is 0 Å². The Morgan fingerprint density at radius 3 is 2.59 bits per heavy atom. The predicted octanol–water partition coefficient (Wildman–Crippen LogP) is 4.26. The van der Waals surface area contributed by atoms with Crippen molar-refractivity contribution in [2.45, 2.75) is 12.3 Å². The first-order valence-corrected chi connectivity index (χ1v) is 7.46. The minimum atomic E-state index is -0.317. The van der Waals surface area contributed by atoms with Gasteiger partial charge in [-0.05, 0) is 29.2 Å². The van der Waals surface area contributed by atoms with Gasteiger partial charge in [0.15, 0.2) is 0 Å². The largest absolute Gasteiger partial charge is 0.452 e. The van der Waals surface area contributed by atoms with E-state index in [1.54, 1.807) is 4.90 Å². The van der Waals surface area contributed by atoms with Crippen LogP contribution in [0.4, 0.5) is 4.79 Å². The number of benzene rings is 2. The summed E-state index contributed by atoms with van der Waals surface area (Å²) in [5, 5.41) is 0. The van der Waals surface area contributed by atoms with Crippen molar-refractivity contribution in [1.82, 2.24) is 4.90 Å². The first-order chi connectivity index (χ1) is 10.8. The second-order valence-corrected chi connectivity index (χ2v) is 5.36. The number of hydrogen-bond acceptors (Lipinski definition) is 2. The molecule has 112 valence electrons. The summed E-state index contributed by atoms with van der Waals surface area (Å²) in [5.41, 5.74) is 3.72. The molecular weight excluding hydrogens is 274 g/mol. The van der Waals surface area contributed by atoms with Crippen LogP contribution in [-0.4, -0.2) is 24.6 Å². The smallest absolute Gasteiger partial charge is 0.413 e. The fraction of sp³-hybridized carbons (Fsp3) is 0.211. The van der Waals surface area contributed by atoms with Crippen molar-refractivity contribution in [1.29, 1.82) is 0 Å². The van der Waals surface area contributed by atoms with E-state index in [2.05, 4.69) is 42.5 Å². The lowest BCUT2D eigenvalue weighted by Crippen LogP contribution is -2.28. The molecule has 0 radical (unpaired) electrons. The molecule has 0 spiro atoms. The van der Waals surface area contributed by atoms with Gasteiger partial charge in [0, 0.05) is 18.7 Å². The van der Waals surface area contributed by atoms with Crippen molar-refractivity contribution in [2.24, 2.45) is 0 Å². The fourth-order valence-electron chi connectivity index (χ4n) is 2.95. The molecular formula is C19H19NO2. The highest BCUT2D eigenvalue weighted by molar-refractivity contribution is 5.71. The molecule has 0 aliphatic carbocycles. The lowest BCUT2D eigenvalue weighted by Gasteiger charge is -2.26. The molecule has 3 heteroatoms. The van der Waals surface area contributed by atoms with Crippen LogP contribution >= 0.6 is 0 Å². The topological polar surface area (TPSA) is 29.5 Å². The molecule has 2 aromatic carbocycles. The van der Waals surface area contributed by atoms with Crippen molar-refractivity contribution in [2.75, 3.05) is 13.7 Å². The van der Waals surface area contributed by atoms with Crippen LogP contribution in [0.3, 0.4) is 0 Å². The molecule has 1 atom stereocenters. The number of carbonyl (C=O) groups excluding carboxylic acids is 1. The molecule has 22 heavy (non-hydrogen) atoms. The van der Waals surface area contributed by atoms with Gasteiger partial charge in [-0.2, -0.15) is 0 Å². The number of ether oxygens (including phenoxy) is 1.